The first-order valence-corrected chi connectivity index (χ1v) is 12.0. The summed E-state index contributed by atoms with van der Waals surface area (Å²) in [6.45, 7) is 6.86. The zero-order chi connectivity index (χ0) is 25.3. The van der Waals surface area contributed by atoms with Crippen LogP contribution in [0.3, 0.4) is 0 Å². The SMILES string of the molecule is CC(C)(C)c1ccc(Oc2ccccc2C[n+]2c(O)c(-c3ccccc3)c(=O)n3ccccc32)cc1. The van der Waals surface area contributed by atoms with Crippen molar-refractivity contribution in [3.63, 3.8) is 0 Å². The maximum Gasteiger partial charge on any atom is 0.354 e. The van der Waals surface area contributed by atoms with Crippen molar-refractivity contribution in [1.82, 2.24) is 4.40 Å². The maximum atomic E-state index is 13.3. The largest absolute Gasteiger partial charge is 0.477 e. The van der Waals surface area contributed by atoms with Crippen molar-refractivity contribution in [2.45, 2.75) is 32.7 Å². The lowest BCUT2D eigenvalue weighted by atomic mass is 9.87. The third-order valence-electron chi connectivity index (χ3n) is 6.34. The highest BCUT2D eigenvalue weighted by Gasteiger charge is 2.25. The number of benzene rings is 3. The number of ether oxygens (including phenoxy) is 1. The fourth-order valence-corrected chi connectivity index (χ4v) is 4.35. The molecule has 0 aliphatic rings. The van der Waals surface area contributed by atoms with Gasteiger partial charge in [0.05, 0.1) is 6.20 Å². The quantitative estimate of drug-likeness (QED) is 0.311. The Balaban J connectivity index is 1.58. The van der Waals surface area contributed by atoms with Gasteiger partial charge < -0.3 is 9.84 Å². The number of aromatic nitrogens is 2. The molecule has 0 saturated heterocycles. The van der Waals surface area contributed by atoms with Gasteiger partial charge in [-0.25, -0.2) is 4.79 Å². The molecule has 0 bridgehead atoms. The van der Waals surface area contributed by atoms with Gasteiger partial charge in [-0.15, -0.1) is 0 Å². The van der Waals surface area contributed by atoms with Gasteiger partial charge in [-0.1, -0.05) is 87.5 Å². The summed E-state index contributed by atoms with van der Waals surface area (Å²) >= 11 is 0. The van der Waals surface area contributed by atoms with Gasteiger partial charge in [-0.2, -0.15) is 8.97 Å². The summed E-state index contributed by atoms with van der Waals surface area (Å²) in [5.41, 5.74) is 3.41. The van der Waals surface area contributed by atoms with Crippen LogP contribution in [0.15, 0.2) is 108 Å². The number of aromatic hydroxyl groups is 1. The molecule has 3 aromatic carbocycles. The van der Waals surface area contributed by atoms with E-state index in [1.165, 1.54) is 5.56 Å². The zero-order valence-corrected chi connectivity index (χ0v) is 20.7. The second-order valence-electron chi connectivity index (χ2n) is 9.87. The van der Waals surface area contributed by atoms with E-state index < -0.39 is 0 Å². The first kappa shape index (κ1) is 23.4. The van der Waals surface area contributed by atoms with E-state index in [0.29, 0.717) is 23.5 Å². The van der Waals surface area contributed by atoms with E-state index in [4.69, 9.17) is 4.74 Å². The molecule has 5 nitrogen and oxygen atoms in total. The predicted molar refractivity (Wildman–Crippen MR) is 142 cm³/mol. The van der Waals surface area contributed by atoms with Crippen molar-refractivity contribution in [2.24, 2.45) is 0 Å². The van der Waals surface area contributed by atoms with Crippen LogP contribution in [-0.4, -0.2) is 9.51 Å². The van der Waals surface area contributed by atoms with Gasteiger partial charge in [-0.3, -0.25) is 0 Å². The molecule has 0 radical (unpaired) electrons. The predicted octanol–water partition coefficient (Wildman–Crippen LogP) is 6.10. The molecule has 2 heterocycles. The third-order valence-corrected chi connectivity index (χ3v) is 6.34. The first-order chi connectivity index (χ1) is 17.3. The maximum absolute atomic E-state index is 13.3. The van der Waals surface area contributed by atoms with Gasteiger partial charge in [0.15, 0.2) is 5.56 Å². The Morgan fingerprint density at radius 2 is 1.50 bits per heavy atom. The minimum atomic E-state index is -0.269. The summed E-state index contributed by atoms with van der Waals surface area (Å²) < 4.78 is 9.59. The molecule has 5 heteroatoms. The summed E-state index contributed by atoms with van der Waals surface area (Å²) in [5.74, 6) is 1.35. The molecule has 180 valence electrons. The van der Waals surface area contributed by atoms with Crippen LogP contribution < -0.4 is 14.9 Å². The normalized spacial score (nSPS) is 11.5. The highest BCUT2D eigenvalue weighted by atomic mass is 16.5. The molecule has 0 atom stereocenters. The van der Waals surface area contributed by atoms with Gasteiger partial charge in [0.25, 0.3) is 11.5 Å². The van der Waals surface area contributed by atoms with Crippen LogP contribution in [0.5, 0.6) is 17.4 Å². The Kier molecular flexibility index (Phi) is 6.06. The van der Waals surface area contributed by atoms with Crippen LogP contribution in [0.1, 0.15) is 31.9 Å². The molecule has 0 unspecified atom stereocenters. The molecule has 1 N–H and O–H groups in total. The molecule has 0 aliphatic heterocycles. The molecule has 36 heavy (non-hydrogen) atoms. The van der Waals surface area contributed by atoms with E-state index in [0.717, 1.165) is 11.3 Å². The topological polar surface area (TPSA) is 54.8 Å². The molecule has 0 saturated carbocycles. The molecule has 5 aromatic rings. The Labute approximate surface area is 210 Å². The number of nitrogens with zero attached hydrogens (tertiary/aromatic N) is 2. The van der Waals surface area contributed by atoms with E-state index in [9.17, 15) is 9.90 Å². The Morgan fingerprint density at radius 1 is 0.833 bits per heavy atom. The average Bonchev–Trinajstić information content (AvgIpc) is 2.88. The number of para-hydroxylation sites is 1. The van der Waals surface area contributed by atoms with Crippen LogP contribution in [0.2, 0.25) is 0 Å². The van der Waals surface area contributed by atoms with Gasteiger partial charge in [0.1, 0.15) is 18.0 Å². The average molecular weight is 478 g/mol. The van der Waals surface area contributed by atoms with Crippen molar-refractivity contribution < 1.29 is 14.4 Å². The van der Waals surface area contributed by atoms with Crippen molar-refractivity contribution in [3.8, 4) is 28.5 Å². The van der Waals surface area contributed by atoms with Crippen LogP contribution in [0.25, 0.3) is 16.8 Å². The second kappa shape index (κ2) is 9.34. The minimum Gasteiger partial charge on any atom is -0.477 e. The molecule has 5 rings (SSSR count). The van der Waals surface area contributed by atoms with Crippen LogP contribution in [0, 0.1) is 0 Å². The van der Waals surface area contributed by atoms with E-state index in [-0.39, 0.29) is 22.4 Å². The summed E-state index contributed by atoms with van der Waals surface area (Å²) in [7, 11) is 0. The number of hydrogen-bond acceptors (Lipinski definition) is 3. The Bertz CT molecular complexity index is 1580. The molecule has 0 aliphatic carbocycles. The third kappa shape index (κ3) is 4.48. The zero-order valence-electron chi connectivity index (χ0n) is 20.7. The van der Waals surface area contributed by atoms with Gasteiger partial charge >= 0.3 is 5.56 Å². The first-order valence-electron chi connectivity index (χ1n) is 12.0. The summed E-state index contributed by atoms with van der Waals surface area (Å²) in [6.07, 6.45) is 1.72. The molecule has 0 spiro atoms. The Morgan fingerprint density at radius 3 is 2.22 bits per heavy atom. The molecular formula is C31H29N2O3+. The van der Waals surface area contributed by atoms with Crippen molar-refractivity contribution in [1.29, 1.82) is 0 Å². The Hall–Kier alpha value is -4.38. The number of hydrogen-bond donors (Lipinski definition) is 1. The fourth-order valence-electron chi connectivity index (χ4n) is 4.35. The summed E-state index contributed by atoms with van der Waals surface area (Å²) in [5, 5.41) is 11.4. The smallest absolute Gasteiger partial charge is 0.354 e. The van der Waals surface area contributed by atoms with Gasteiger partial charge in [-0.05, 0) is 40.8 Å². The lowest BCUT2D eigenvalue weighted by Crippen LogP contribution is -2.41. The van der Waals surface area contributed by atoms with Crippen LogP contribution in [-0.2, 0) is 12.0 Å². The second-order valence-corrected chi connectivity index (χ2v) is 9.87. The van der Waals surface area contributed by atoms with Crippen molar-refractivity contribution >= 4 is 5.65 Å². The molecule has 2 aromatic heterocycles. The lowest BCUT2D eigenvalue weighted by molar-refractivity contribution is -0.671. The summed E-state index contributed by atoms with van der Waals surface area (Å²) in [4.78, 5) is 13.3. The minimum absolute atomic E-state index is 0.0630. The van der Waals surface area contributed by atoms with Crippen molar-refractivity contribution in [2.75, 3.05) is 0 Å². The van der Waals surface area contributed by atoms with Gasteiger partial charge in [0, 0.05) is 11.6 Å². The monoisotopic (exact) mass is 477 g/mol. The highest BCUT2D eigenvalue weighted by Crippen LogP contribution is 2.30. The van der Waals surface area contributed by atoms with E-state index >= 15 is 0 Å². The number of rotatable bonds is 5. The summed E-state index contributed by atoms with van der Waals surface area (Å²) in [6, 6.07) is 30.6. The lowest BCUT2D eigenvalue weighted by Gasteiger charge is -2.19. The number of pyridine rings is 1. The molecule has 0 fully saturated rings. The van der Waals surface area contributed by atoms with E-state index in [1.807, 2.05) is 84.9 Å². The van der Waals surface area contributed by atoms with Crippen molar-refractivity contribution in [3.05, 3.63) is 125 Å². The van der Waals surface area contributed by atoms with E-state index in [2.05, 4.69) is 32.9 Å². The highest BCUT2D eigenvalue weighted by molar-refractivity contribution is 5.67. The van der Waals surface area contributed by atoms with Crippen LogP contribution in [0.4, 0.5) is 0 Å². The molecular weight excluding hydrogens is 448 g/mol. The fraction of sp³-hybridized carbons (Fsp3) is 0.161. The molecule has 0 amide bonds. The van der Waals surface area contributed by atoms with E-state index in [1.54, 1.807) is 15.2 Å². The standard InChI is InChI=1S/C31H28N2O3/c1-31(2,3)24-16-18-25(19-17-24)36-26-14-8-7-13-23(26)21-33-27-15-9-10-20-32(27)29(34)28(30(33)35)22-11-5-4-6-12-22/h4-20H,21H2,1-3H3/p+1. The number of fused-ring (bicyclic) bond motifs is 1. The van der Waals surface area contributed by atoms with Gasteiger partial charge in [0.2, 0.25) is 0 Å². The van der Waals surface area contributed by atoms with Crippen LogP contribution >= 0.6 is 0 Å².